The van der Waals surface area contributed by atoms with Crippen LogP contribution in [-0.4, -0.2) is 88.2 Å². The molecule has 3 rings (SSSR count). The van der Waals surface area contributed by atoms with Gasteiger partial charge in [0.1, 0.15) is 23.8 Å². The molecule has 0 saturated heterocycles. The number of anilines is 4. The van der Waals surface area contributed by atoms with Crippen LogP contribution in [-0.2, 0) is 9.53 Å². The van der Waals surface area contributed by atoms with Crippen LogP contribution in [0.5, 0.6) is 11.5 Å². The summed E-state index contributed by atoms with van der Waals surface area (Å²) in [4.78, 5) is 38.1. The molecule has 1 amide bonds. The van der Waals surface area contributed by atoms with Gasteiger partial charge in [-0.1, -0.05) is 6.58 Å². The monoisotopic (exact) mass is 548 g/mol. The van der Waals surface area contributed by atoms with Gasteiger partial charge in [0.2, 0.25) is 17.6 Å². The summed E-state index contributed by atoms with van der Waals surface area (Å²) in [6.45, 7) is 5.97. The number of carbonyl (C=O) groups is 2. The van der Waals surface area contributed by atoms with E-state index >= 15 is 0 Å². The molecule has 2 aromatic carbocycles. The molecule has 0 saturated carbocycles. The van der Waals surface area contributed by atoms with Gasteiger partial charge in [-0.2, -0.15) is 0 Å². The van der Waals surface area contributed by atoms with E-state index in [1.165, 1.54) is 12.3 Å². The van der Waals surface area contributed by atoms with Crippen molar-refractivity contribution >= 4 is 34.7 Å². The minimum Gasteiger partial charge on any atom is -0.494 e. The van der Waals surface area contributed by atoms with Crippen LogP contribution in [0.3, 0.4) is 0 Å². The van der Waals surface area contributed by atoms with Crippen LogP contribution in [0.2, 0.25) is 0 Å². The summed E-state index contributed by atoms with van der Waals surface area (Å²) in [5, 5.41) is 5.98. The average Bonchev–Trinajstić information content (AvgIpc) is 2.96. The zero-order chi connectivity index (χ0) is 29.1. The van der Waals surface area contributed by atoms with Crippen molar-refractivity contribution in [3.8, 4) is 11.5 Å². The highest BCUT2D eigenvalue weighted by Crippen LogP contribution is 2.37. The van der Waals surface area contributed by atoms with Crippen LogP contribution in [0.25, 0.3) is 0 Å². The lowest BCUT2D eigenvalue weighted by Gasteiger charge is -2.26. The van der Waals surface area contributed by atoms with E-state index in [0.717, 1.165) is 12.2 Å². The van der Waals surface area contributed by atoms with Gasteiger partial charge in [0, 0.05) is 45.1 Å². The Labute approximate surface area is 234 Å². The van der Waals surface area contributed by atoms with E-state index in [4.69, 9.17) is 14.2 Å². The lowest BCUT2D eigenvalue weighted by Crippen LogP contribution is -2.29. The van der Waals surface area contributed by atoms with E-state index in [9.17, 15) is 9.59 Å². The Morgan fingerprint density at radius 3 is 2.40 bits per heavy atom. The van der Waals surface area contributed by atoms with Gasteiger partial charge in [0.05, 0.1) is 30.8 Å². The topological polar surface area (TPSA) is 118 Å². The molecule has 0 aliphatic rings. The largest absolute Gasteiger partial charge is 0.494 e. The molecule has 1 heterocycles. The maximum Gasteiger partial charge on any atom is 0.247 e. The molecule has 0 unspecified atom stereocenters. The number of aromatic nitrogens is 2. The minimum atomic E-state index is -0.350. The first-order valence-corrected chi connectivity index (χ1v) is 12.6. The smallest absolute Gasteiger partial charge is 0.247 e. The summed E-state index contributed by atoms with van der Waals surface area (Å²) in [5.74, 6) is 0.724. The molecule has 11 heteroatoms. The molecule has 2 N–H and O–H groups in total. The SMILES string of the molecule is C=CC(=O)Nc1cc(Nc2nccc(C(=O)c3ccc(OCCOC)cc3)n2)c(OC)cc1N(C)CCN(C)C. The van der Waals surface area contributed by atoms with Crippen molar-refractivity contribution in [1.29, 1.82) is 0 Å². The number of hydrogen-bond donors (Lipinski definition) is 2. The Bertz CT molecular complexity index is 1310. The van der Waals surface area contributed by atoms with Gasteiger partial charge in [0.25, 0.3) is 0 Å². The van der Waals surface area contributed by atoms with E-state index in [1.807, 2.05) is 32.1 Å². The van der Waals surface area contributed by atoms with Crippen LogP contribution >= 0.6 is 0 Å². The van der Waals surface area contributed by atoms with E-state index in [2.05, 4.69) is 32.1 Å². The second-order valence-corrected chi connectivity index (χ2v) is 9.07. The zero-order valence-electron chi connectivity index (χ0n) is 23.6. The van der Waals surface area contributed by atoms with Gasteiger partial charge in [-0.05, 0) is 56.6 Å². The van der Waals surface area contributed by atoms with Gasteiger partial charge in [-0.25, -0.2) is 9.97 Å². The fourth-order valence-electron chi connectivity index (χ4n) is 3.66. The Balaban J connectivity index is 1.86. The molecule has 212 valence electrons. The summed E-state index contributed by atoms with van der Waals surface area (Å²) in [6.07, 6.45) is 2.71. The quantitative estimate of drug-likeness (QED) is 0.166. The zero-order valence-corrected chi connectivity index (χ0v) is 23.6. The van der Waals surface area contributed by atoms with Crippen LogP contribution in [0, 0.1) is 0 Å². The van der Waals surface area contributed by atoms with Crippen molar-refractivity contribution in [2.75, 3.05) is 77.2 Å². The van der Waals surface area contributed by atoms with Crippen molar-refractivity contribution in [2.45, 2.75) is 0 Å². The normalized spacial score (nSPS) is 10.7. The molecule has 0 fully saturated rings. The molecule has 0 radical (unpaired) electrons. The maximum atomic E-state index is 13.1. The average molecular weight is 549 g/mol. The van der Waals surface area contributed by atoms with Gasteiger partial charge in [-0.15, -0.1) is 0 Å². The van der Waals surface area contributed by atoms with E-state index in [1.54, 1.807) is 50.6 Å². The Morgan fingerprint density at radius 2 is 1.75 bits per heavy atom. The first-order valence-electron chi connectivity index (χ1n) is 12.6. The van der Waals surface area contributed by atoms with Crippen LogP contribution in [0.1, 0.15) is 16.1 Å². The number of hydrogen-bond acceptors (Lipinski definition) is 10. The first kappa shape index (κ1) is 30.1. The molecule has 0 bridgehead atoms. The third-order valence-corrected chi connectivity index (χ3v) is 5.86. The molecule has 3 aromatic rings. The van der Waals surface area contributed by atoms with Crippen molar-refractivity contribution in [2.24, 2.45) is 0 Å². The highest BCUT2D eigenvalue weighted by atomic mass is 16.5. The molecular weight excluding hydrogens is 512 g/mol. The number of nitrogens with one attached hydrogen (secondary N) is 2. The molecule has 40 heavy (non-hydrogen) atoms. The number of nitrogens with zero attached hydrogens (tertiary/aromatic N) is 4. The summed E-state index contributed by atoms with van der Waals surface area (Å²) < 4.78 is 16.2. The second kappa shape index (κ2) is 14.6. The van der Waals surface area contributed by atoms with Crippen LogP contribution in [0.4, 0.5) is 23.0 Å². The van der Waals surface area contributed by atoms with E-state index < -0.39 is 0 Å². The molecule has 0 aliphatic carbocycles. The second-order valence-electron chi connectivity index (χ2n) is 9.07. The number of methoxy groups -OCH3 is 2. The predicted molar refractivity (Wildman–Crippen MR) is 156 cm³/mol. The number of benzene rings is 2. The molecule has 1 aromatic heterocycles. The molecule has 0 aliphatic heterocycles. The van der Waals surface area contributed by atoms with Crippen LogP contribution < -0.4 is 25.0 Å². The fraction of sp³-hybridized carbons (Fsp3) is 0.310. The number of likely N-dealkylation sites (N-methyl/N-ethyl adjacent to an activating group) is 2. The Morgan fingerprint density at radius 1 is 1.00 bits per heavy atom. The van der Waals surface area contributed by atoms with Crippen molar-refractivity contribution in [3.63, 3.8) is 0 Å². The number of amides is 1. The third kappa shape index (κ3) is 8.26. The van der Waals surface area contributed by atoms with Crippen molar-refractivity contribution in [3.05, 3.63) is 72.6 Å². The highest BCUT2D eigenvalue weighted by Gasteiger charge is 2.18. The van der Waals surface area contributed by atoms with Gasteiger partial charge in [0.15, 0.2) is 0 Å². The lowest BCUT2D eigenvalue weighted by molar-refractivity contribution is -0.111. The van der Waals surface area contributed by atoms with Gasteiger partial charge < -0.3 is 34.6 Å². The molecule has 0 atom stereocenters. The third-order valence-electron chi connectivity index (χ3n) is 5.86. The number of ketones is 1. The van der Waals surface area contributed by atoms with E-state index in [0.29, 0.717) is 48.2 Å². The minimum absolute atomic E-state index is 0.193. The van der Waals surface area contributed by atoms with Crippen molar-refractivity contribution in [1.82, 2.24) is 14.9 Å². The summed E-state index contributed by atoms with van der Waals surface area (Å²) >= 11 is 0. The highest BCUT2D eigenvalue weighted by molar-refractivity contribution is 6.08. The lowest BCUT2D eigenvalue weighted by atomic mass is 10.1. The van der Waals surface area contributed by atoms with Gasteiger partial charge in [-0.3, -0.25) is 9.59 Å². The summed E-state index contributed by atoms with van der Waals surface area (Å²) in [5.41, 5.74) is 2.49. The summed E-state index contributed by atoms with van der Waals surface area (Å²) in [6, 6.07) is 11.9. The number of ether oxygens (including phenoxy) is 3. The van der Waals surface area contributed by atoms with Crippen molar-refractivity contribution < 1.29 is 23.8 Å². The summed E-state index contributed by atoms with van der Waals surface area (Å²) in [7, 11) is 9.08. The Hall–Kier alpha value is -4.48. The fourth-order valence-corrected chi connectivity index (χ4v) is 3.66. The molecular formula is C29H36N6O5. The predicted octanol–water partition coefficient (Wildman–Crippen LogP) is 3.61. The Kier molecular flexibility index (Phi) is 11.0. The van der Waals surface area contributed by atoms with Crippen LogP contribution in [0.15, 0.2) is 61.3 Å². The van der Waals surface area contributed by atoms with E-state index in [-0.39, 0.29) is 23.3 Å². The molecule has 11 nitrogen and oxygen atoms in total. The molecule has 0 spiro atoms. The number of rotatable bonds is 15. The van der Waals surface area contributed by atoms with Gasteiger partial charge >= 0.3 is 0 Å². The first-order chi connectivity index (χ1) is 19.2. The standard InChI is InChI=1S/C29H36N6O5/c1-7-27(36)31-23-18-24(26(39-6)19-25(23)35(4)15-14-34(2)3)33-29-30-13-12-22(32-29)28(37)20-8-10-21(11-9-20)40-17-16-38-5/h7-13,18-19H,1,14-17H2,2-6H3,(H,31,36)(H,30,32,33). The maximum absolute atomic E-state index is 13.1. The number of carbonyl (C=O) groups excluding carboxylic acids is 2.